The maximum Gasteiger partial charge on any atom is 0.322 e. The monoisotopic (exact) mass is 334 g/mol. The first-order valence-corrected chi connectivity index (χ1v) is 8.88. The van der Waals surface area contributed by atoms with Gasteiger partial charge in [-0.1, -0.05) is 6.07 Å². The van der Waals surface area contributed by atoms with E-state index in [9.17, 15) is 18.3 Å². The molecule has 0 unspecified atom stereocenters. The second kappa shape index (κ2) is 5.58. The zero-order valence-corrected chi connectivity index (χ0v) is 13.7. The smallest absolute Gasteiger partial charge is 0.322 e. The molecule has 2 atom stereocenters. The van der Waals surface area contributed by atoms with Crippen LogP contribution in [0.1, 0.15) is 25.3 Å². The van der Waals surface area contributed by atoms with Crippen molar-refractivity contribution in [3.05, 3.63) is 36.0 Å². The quantitative estimate of drug-likeness (QED) is 0.929. The number of hydrogen-bond donors (Lipinski definition) is 1. The molecule has 0 bridgehead atoms. The molecule has 1 aromatic carbocycles. The summed E-state index contributed by atoms with van der Waals surface area (Å²) in [5.74, 6) is -1.11. The Labute approximate surface area is 134 Å². The van der Waals surface area contributed by atoms with Gasteiger partial charge in [-0.3, -0.25) is 9.78 Å². The summed E-state index contributed by atoms with van der Waals surface area (Å²) < 4.78 is 27.4. The van der Waals surface area contributed by atoms with Crippen molar-refractivity contribution >= 4 is 26.9 Å². The van der Waals surface area contributed by atoms with Crippen LogP contribution >= 0.6 is 0 Å². The Bertz CT molecular complexity index is 879. The number of nitrogens with zero attached hydrogens (tertiary/aromatic N) is 2. The molecule has 1 N–H and O–H groups in total. The average molecular weight is 334 g/mol. The minimum Gasteiger partial charge on any atom is -0.480 e. The van der Waals surface area contributed by atoms with Crippen LogP contribution in [0.4, 0.5) is 0 Å². The molecule has 6 nitrogen and oxygen atoms in total. The lowest BCUT2D eigenvalue weighted by Crippen LogP contribution is -2.43. The summed E-state index contributed by atoms with van der Waals surface area (Å²) in [6, 6.07) is 5.61. The van der Waals surface area contributed by atoms with E-state index in [2.05, 4.69) is 4.98 Å². The van der Waals surface area contributed by atoms with Crippen molar-refractivity contribution in [1.29, 1.82) is 0 Å². The van der Waals surface area contributed by atoms with Crippen LogP contribution in [0.25, 0.3) is 10.9 Å². The number of aryl methyl sites for hydroxylation is 1. The number of hydrogen-bond acceptors (Lipinski definition) is 4. The van der Waals surface area contributed by atoms with E-state index < -0.39 is 22.0 Å². The molecule has 2 aromatic rings. The van der Waals surface area contributed by atoms with Crippen LogP contribution in [0.2, 0.25) is 0 Å². The van der Waals surface area contributed by atoms with E-state index in [4.69, 9.17) is 0 Å². The molecule has 23 heavy (non-hydrogen) atoms. The highest BCUT2D eigenvalue weighted by Crippen LogP contribution is 2.34. The molecule has 2 heterocycles. The molecule has 0 saturated carbocycles. The van der Waals surface area contributed by atoms with Gasteiger partial charge in [-0.2, -0.15) is 4.31 Å². The van der Waals surface area contributed by atoms with Crippen molar-refractivity contribution in [2.75, 3.05) is 0 Å². The Balaban J connectivity index is 2.22. The van der Waals surface area contributed by atoms with Crippen molar-refractivity contribution in [2.45, 2.75) is 43.7 Å². The number of benzene rings is 1. The van der Waals surface area contributed by atoms with Crippen LogP contribution in [0.5, 0.6) is 0 Å². The SMILES string of the molecule is Cc1cc(S(=O)(=O)N2[C@H](C)CC[C@@H]2C(=O)O)c2ncccc2c1. The molecule has 1 aliphatic heterocycles. The number of carboxylic acids is 1. The third-order valence-electron chi connectivity index (χ3n) is 4.25. The van der Waals surface area contributed by atoms with E-state index in [-0.39, 0.29) is 10.9 Å². The first-order chi connectivity index (χ1) is 10.8. The van der Waals surface area contributed by atoms with Gasteiger partial charge in [0.05, 0.1) is 5.52 Å². The van der Waals surface area contributed by atoms with E-state index in [0.717, 1.165) is 15.3 Å². The third-order valence-corrected chi connectivity index (χ3v) is 6.29. The van der Waals surface area contributed by atoms with E-state index >= 15 is 0 Å². The van der Waals surface area contributed by atoms with Crippen molar-refractivity contribution < 1.29 is 18.3 Å². The fourth-order valence-electron chi connectivity index (χ4n) is 3.21. The Morgan fingerprint density at radius 1 is 1.35 bits per heavy atom. The summed E-state index contributed by atoms with van der Waals surface area (Å²) in [5, 5.41) is 10.1. The fraction of sp³-hybridized carbons (Fsp3) is 0.375. The Morgan fingerprint density at radius 2 is 2.09 bits per heavy atom. The third kappa shape index (κ3) is 2.60. The number of aromatic nitrogens is 1. The molecule has 0 radical (unpaired) electrons. The van der Waals surface area contributed by atoms with Crippen molar-refractivity contribution in [3.63, 3.8) is 0 Å². The molecular weight excluding hydrogens is 316 g/mol. The molecule has 122 valence electrons. The minimum atomic E-state index is -3.94. The zero-order valence-electron chi connectivity index (χ0n) is 12.9. The van der Waals surface area contributed by atoms with Gasteiger partial charge in [0.2, 0.25) is 10.0 Å². The lowest BCUT2D eigenvalue weighted by molar-refractivity contribution is -0.140. The van der Waals surface area contributed by atoms with Gasteiger partial charge in [-0.05, 0) is 50.5 Å². The second-order valence-electron chi connectivity index (χ2n) is 5.95. The summed E-state index contributed by atoms with van der Waals surface area (Å²) in [4.78, 5) is 15.7. The molecule has 1 fully saturated rings. The van der Waals surface area contributed by atoms with Gasteiger partial charge in [-0.25, -0.2) is 8.42 Å². The van der Waals surface area contributed by atoms with Crippen LogP contribution in [-0.4, -0.2) is 40.9 Å². The molecule has 3 rings (SSSR count). The van der Waals surface area contributed by atoms with E-state index in [1.807, 2.05) is 13.0 Å². The van der Waals surface area contributed by atoms with Gasteiger partial charge < -0.3 is 5.11 Å². The highest BCUT2D eigenvalue weighted by atomic mass is 32.2. The average Bonchev–Trinajstić information content (AvgIpc) is 2.89. The molecule has 1 saturated heterocycles. The van der Waals surface area contributed by atoms with E-state index in [0.29, 0.717) is 18.4 Å². The molecule has 0 spiro atoms. The summed E-state index contributed by atoms with van der Waals surface area (Å²) in [6.45, 7) is 3.56. The van der Waals surface area contributed by atoms with Crippen LogP contribution in [0.15, 0.2) is 35.4 Å². The molecular formula is C16H18N2O4S. The Hall–Kier alpha value is -1.99. The molecule has 7 heteroatoms. The lowest BCUT2D eigenvalue weighted by Gasteiger charge is -2.25. The Morgan fingerprint density at radius 3 is 2.78 bits per heavy atom. The lowest BCUT2D eigenvalue weighted by atomic mass is 10.1. The van der Waals surface area contributed by atoms with Crippen molar-refractivity contribution in [2.24, 2.45) is 0 Å². The number of carbonyl (C=O) groups is 1. The van der Waals surface area contributed by atoms with Crippen LogP contribution in [-0.2, 0) is 14.8 Å². The first kappa shape index (κ1) is 15.9. The number of rotatable bonds is 3. The highest BCUT2D eigenvalue weighted by molar-refractivity contribution is 7.89. The van der Waals surface area contributed by atoms with Crippen molar-refractivity contribution in [1.82, 2.24) is 9.29 Å². The van der Waals surface area contributed by atoms with Gasteiger partial charge in [0.25, 0.3) is 0 Å². The van der Waals surface area contributed by atoms with Gasteiger partial charge in [-0.15, -0.1) is 0 Å². The zero-order chi connectivity index (χ0) is 16.8. The van der Waals surface area contributed by atoms with Gasteiger partial charge in [0, 0.05) is 17.6 Å². The maximum absolute atomic E-state index is 13.1. The predicted molar refractivity (Wildman–Crippen MR) is 85.6 cm³/mol. The molecule has 1 aromatic heterocycles. The van der Waals surface area contributed by atoms with Gasteiger partial charge in [0.15, 0.2) is 0 Å². The van der Waals surface area contributed by atoms with Crippen LogP contribution in [0.3, 0.4) is 0 Å². The van der Waals surface area contributed by atoms with E-state index in [1.54, 1.807) is 31.3 Å². The van der Waals surface area contributed by atoms with E-state index in [1.165, 1.54) is 0 Å². The van der Waals surface area contributed by atoms with Gasteiger partial charge >= 0.3 is 5.97 Å². The summed E-state index contributed by atoms with van der Waals surface area (Å²) in [5.41, 5.74) is 1.17. The largest absolute Gasteiger partial charge is 0.480 e. The molecule has 0 amide bonds. The Kier molecular flexibility index (Phi) is 3.85. The standard InChI is InChI=1S/C16H18N2O4S/c1-10-8-12-4-3-7-17-15(12)14(9-10)23(21,22)18-11(2)5-6-13(18)16(19)20/h3-4,7-9,11,13H,5-6H2,1-2H3,(H,19,20)/t11-,13-/m1/s1. The highest BCUT2D eigenvalue weighted by Gasteiger charge is 2.44. The van der Waals surface area contributed by atoms with Crippen LogP contribution in [0, 0.1) is 6.92 Å². The number of sulfonamides is 1. The normalized spacial score (nSPS) is 22.5. The number of aliphatic carboxylic acids is 1. The maximum atomic E-state index is 13.1. The van der Waals surface area contributed by atoms with Gasteiger partial charge in [0.1, 0.15) is 10.9 Å². The molecule has 1 aliphatic rings. The predicted octanol–water partition coefficient (Wildman–Crippen LogP) is 2.17. The summed E-state index contributed by atoms with van der Waals surface area (Å²) >= 11 is 0. The summed E-state index contributed by atoms with van der Waals surface area (Å²) in [7, 11) is -3.94. The van der Waals surface area contributed by atoms with Crippen LogP contribution < -0.4 is 0 Å². The van der Waals surface area contributed by atoms with Crippen molar-refractivity contribution in [3.8, 4) is 0 Å². The number of pyridine rings is 1. The minimum absolute atomic E-state index is 0.0769. The second-order valence-corrected chi connectivity index (χ2v) is 7.77. The number of fused-ring (bicyclic) bond motifs is 1. The number of carboxylic acid groups (broad SMARTS) is 1. The topological polar surface area (TPSA) is 87.6 Å². The summed E-state index contributed by atoms with van der Waals surface area (Å²) in [6.07, 6.45) is 2.40. The first-order valence-electron chi connectivity index (χ1n) is 7.44. The fourth-order valence-corrected chi connectivity index (χ4v) is 5.30. The molecule has 0 aliphatic carbocycles.